The zero-order valence-corrected chi connectivity index (χ0v) is 46.4. The first-order valence-electron chi connectivity index (χ1n) is 20.7. The fourth-order valence-electron chi connectivity index (χ4n) is 6.93. The topological polar surface area (TPSA) is 617 Å². The molecule has 0 spiro atoms. The van der Waals surface area contributed by atoms with Gasteiger partial charge in [-0.15, -0.1) is 0 Å². The standard InChI is InChI=1S/C27H60O41P8/c1-15(14-60-19-23(64-72(37,38)39)25(66-74(43,44)45)27(68-76(49,50)51)26(67-75(46,47)48)24(19)65-73(40,41)42)56-12-13-59-18-21(62-70(31,32)33)16(57-10-8-54-6-4-52-2)20(61-69(28,29)30)17(22(18)63-71(34,35)36)58-11-9-55-7-5-53-3/h15-27H,4-14H2,1-3H3,(H2,28,29,30)(H2,31,32,33)(H2,34,35,36)(H2,37,38,39)(H2,40,41,42)(H2,43,44,45)(H2,46,47,48)(H2,49,50,51)/t15?,16-,17+,18?,19?,20?,21+,22-,23-,24+,25+,26-,27?. The van der Waals surface area contributed by atoms with Gasteiger partial charge in [-0.25, -0.2) is 36.5 Å². The Bertz CT molecular complexity index is 2010. The third-order valence-corrected chi connectivity index (χ3v) is 13.4. The quantitative estimate of drug-likeness (QED) is 0.0208. The molecule has 2 aliphatic rings. The molecule has 0 saturated heterocycles. The van der Waals surface area contributed by atoms with E-state index < -0.39 is 175 Å². The second-order valence-corrected chi connectivity index (χ2v) is 24.7. The van der Waals surface area contributed by atoms with Crippen LogP contribution in [0.1, 0.15) is 6.92 Å². The zero-order valence-electron chi connectivity index (χ0n) is 39.2. The van der Waals surface area contributed by atoms with E-state index in [1.54, 1.807) is 0 Å². The van der Waals surface area contributed by atoms with Crippen LogP contribution in [0.2, 0.25) is 0 Å². The fraction of sp³-hybridized carbons (Fsp3) is 1.00. The lowest BCUT2D eigenvalue weighted by molar-refractivity contribution is -0.250. The zero-order chi connectivity index (χ0) is 58.3. The van der Waals surface area contributed by atoms with Gasteiger partial charge in [0.05, 0.1) is 78.8 Å². The minimum absolute atomic E-state index is 0.0480. The summed E-state index contributed by atoms with van der Waals surface area (Å²) in [6.45, 7) is -3.76. The minimum Gasteiger partial charge on any atom is -0.382 e. The first-order valence-corrected chi connectivity index (χ1v) is 32.9. The van der Waals surface area contributed by atoms with Gasteiger partial charge < -0.3 is 121 Å². The third kappa shape index (κ3) is 29.7. The summed E-state index contributed by atoms with van der Waals surface area (Å²) in [6.07, 6.45) is -33.5. The lowest BCUT2D eigenvalue weighted by Gasteiger charge is -2.49. The molecule has 454 valence electrons. The van der Waals surface area contributed by atoms with Crippen molar-refractivity contribution in [2.24, 2.45) is 0 Å². The average Bonchev–Trinajstić information content (AvgIpc) is 3.20. The third-order valence-electron chi connectivity index (χ3n) is 9.22. The number of hydrogen-bond donors (Lipinski definition) is 16. The summed E-state index contributed by atoms with van der Waals surface area (Å²) in [6, 6.07) is 0. The first kappa shape index (κ1) is 72.6. The molecule has 2 rings (SSSR count). The van der Waals surface area contributed by atoms with E-state index in [2.05, 4.69) is 22.6 Å². The molecule has 13 atom stereocenters. The highest BCUT2D eigenvalue weighted by Crippen LogP contribution is 2.56. The summed E-state index contributed by atoms with van der Waals surface area (Å²) < 4.78 is 183. The molecule has 0 aromatic heterocycles. The van der Waals surface area contributed by atoms with Gasteiger partial charge in [0.25, 0.3) is 0 Å². The summed E-state index contributed by atoms with van der Waals surface area (Å²) in [5.41, 5.74) is 0. The van der Waals surface area contributed by atoms with Gasteiger partial charge in [-0.1, -0.05) is 0 Å². The van der Waals surface area contributed by atoms with Crippen molar-refractivity contribution in [1.29, 1.82) is 0 Å². The van der Waals surface area contributed by atoms with Crippen LogP contribution in [0.4, 0.5) is 0 Å². The van der Waals surface area contributed by atoms with Gasteiger partial charge in [-0.05, 0) is 6.92 Å². The van der Waals surface area contributed by atoms with Gasteiger partial charge in [0.1, 0.15) is 73.2 Å². The normalized spacial score (nSPS) is 28.2. The van der Waals surface area contributed by atoms with E-state index in [1.165, 1.54) is 14.2 Å². The van der Waals surface area contributed by atoms with Crippen molar-refractivity contribution < 1.29 is 194 Å². The molecule has 49 heteroatoms. The Morgan fingerprint density at radius 2 is 0.487 bits per heavy atom. The Morgan fingerprint density at radius 3 is 0.724 bits per heavy atom. The molecule has 0 aromatic rings. The maximum absolute atomic E-state index is 12.5. The van der Waals surface area contributed by atoms with Gasteiger partial charge in [0.2, 0.25) is 0 Å². The molecular weight excluding hydrogens is 1230 g/mol. The largest absolute Gasteiger partial charge is 0.470 e. The average molecular weight is 1290 g/mol. The van der Waals surface area contributed by atoms with E-state index in [1.807, 2.05) is 0 Å². The van der Waals surface area contributed by atoms with Crippen molar-refractivity contribution in [3.8, 4) is 0 Å². The number of phosphoric ester groups is 8. The highest BCUT2D eigenvalue weighted by atomic mass is 31.2. The van der Waals surface area contributed by atoms with Crippen molar-refractivity contribution in [2.45, 2.75) is 86.3 Å². The van der Waals surface area contributed by atoms with Gasteiger partial charge in [0, 0.05) is 14.2 Å². The van der Waals surface area contributed by atoms with Crippen molar-refractivity contribution in [3.05, 3.63) is 0 Å². The molecule has 2 fully saturated rings. The number of rotatable bonds is 38. The molecule has 16 N–H and O–H groups in total. The van der Waals surface area contributed by atoms with Crippen LogP contribution >= 0.6 is 62.6 Å². The predicted molar refractivity (Wildman–Crippen MR) is 235 cm³/mol. The summed E-state index contributed by atoms with van der Waals surface area (Å²) >= 11 is 0. The molecule has 0 amide bonds. The van der Waals surface area contributed by atoms with E-state index in [9.17, 15) is 115 Å². The lowest BCUT2D eigenvalue weighted by atomic mass is 9.84. The van der Waals surface area contributed by atoms with Crippen molar-refractivity contribution in [3.63, 3.8) is 0 Å². The second kappa shape index (κ2) is 31.4. The predicted octanol–water partition coefficient (Wildman–Crippen LogP) is -3.89. The molecule has 41 nitrogen and oxygen atoms in total. The van der Waals surface area contributed by atoms with Crippen LogP contribution in [-0.4, -0.2) is 245 Å². The van der Waals surface area contributed by atoms with E-state index >= 15 is 0 Å². The molecule has 5 unspecified atom stereocenters. The van der Waals surface area contributed by atoms with E-state index in [0.717, 1.165) is 6.92 Å². The Balaban J connectivity index is 2.68. The highest BCUT2D eigenvalue weighted by Gasteiger charge is 2.62. The number of hydrogen-bond acceptors (Lipinski definition) is 25. The van der Waals surface area contributed by atoms with Crippen molar-refractivity contribution in [2.75, 3.05) is 86.9 Å². The van der Waals surface area contributed by atoms with Crippen LogP contribution in [0.25, 0.3) is 0 Å². The summed E-state index contributed by atoms with van der Waals surface area (Å²) in [7, 11) is -45.4. The summed E-state index contributed by atoms with van der Waals surface area (Å²) in [4.78, 5) is 157. The highest BCUT2D eigenvalue weighted by molar-refractivity contribution is 7.48. The molecule has 2 aliphatic carbocycles. The number of methoxy groups -OCH3 is 2. The van der Waals surface area contributed by atoms with Gasteiger partial charge in [-0.2, -0.15) is 0 Å². The molecule has 0 heterocycles. The van der Waals surface area contributed by atoms with Gasteiger partial charge in [0.15, 0.2) is 0 Å². The fourth-order valence-corrected chi connectivity index (χ4v) is 11.4. The van der Waals surface area contributed by atoms with Crippen LogP contribution in [0.5, 0.6) is 0 Å². The van der Waals surface area contributed by atoms with Crippen LogP contribution < -0.4 is 0 Å². The minimum atomic E-state index is -6.14. The van der Waals surface area contributed by atoms with E-state index in [-0.39, 0.29) is 39.6 Å². The van der Waals surface area contributed by atoms with E-state index in [4.69, 9.17) is 56.2 Å². The Labute approximate surface area is 428 Å². The van der Waals surface area contributed by atoms with E-state index in [0.29, 0.717) is 0 Å². The SMILES string of the molecule is COCCOCCO[C@@H]1C(OP(=O)(O)O)[C@H](OCCOCCOC)[C@@H](OP(=O)(O)O)C(OCCOC(C)COC2[C@@H](OP(=O)(O)O)[C@H](OP(=O)(O)O)C(OP(=O)(O)O)[C@H](OP(=O)(O)O)[C@H]2OP(=O)(O)O)[C@H]1OP(=O)(O)O. The number of phosphoric acid groups is 8. The summed E-state index contributed by atoms with van der Waals surface area (Å²) in [5, 5.41) is 0. The van der Waals surface area contributed by atoms with Crippen molar-refractivity contribution in [1.82, 2.24) is 0 Å². The van der Waals surface area contributed by atoms with Crippen LogP contribution in [0.15, 0.2) is 0 Å². The van der Waals surface area contributed by atoms with Crippen LogP contribution in [-0.2, 0) is 115 Å². The van der Waals surface area contributed by atoms with Crippen molar-refractivity contribution >= 4 is 62.6 Å². The van der Waals surface area contributed by atoms with Gasteiger partial charge >= 0.3 is 62.6 Å². The van der Waals surface area contributed by atoms with Crippen LogP contribution in [0.3, 0.4) is 0 Å². The molecule has 2 saturated carbocycles. The number of ether oxygens (including phenoxy) is 9. The Hall–Kier alpha value is 0.520. The maximum Gasteiger partial charge on any atom is 0.470 e. The molecule has 0 bridgehead atoms. The smallest absolute Gasteiger partial charge is 0.382 e. The van der Waals surface area contributed by atoms with Gasteiger partial charge in [-0.3, -0.25) is 36.2 Å². The molecule has 0 aromatic carbocycles. The Kier molecular flexibility index (Phi) is 30.0. The maximum atomic E-state index is 12.5. The lowest BCUT2D eigenvalue weighted by Crippen LogP contribution is -2.67. The molecule has 0 aliphatic heterocycles. The molecule has 76 heavy (non-hydrogen) atoms. The van der Waals surface area contributed by atoms with Crippen LogP contribution in [0, 0.1) is 0 Å². The summed E-state index contributed by atoms with van der Waals surface area (Å²) in [5.74, 6) is 0. The monoisotopic (exact) mass is 1290 g/mol. The molecular formula is C27H60O41P8. The second-order valence-electron chi connectivity index (χ2n) is 15.2. The Morgan fingerprint density at radius 1 is 0.289 bits per heavy atom. The first-order chi connectivity index (χ1) is 34.5. The molecule has 0 radical (unpaired) electrons.